The van der Waals surface area contributed by atoms with Crippen LogP contribution in [-0.4, -0.2) is 21.5 Å². The van der Waals surface area contributed by atoms with Crippen molar-refractivity contribution in [2.75, 3.05) is 0 Å². The molecule has 5 heteroatoms. The fraction of sp³-hybridized carbons (Fsp3) is 0.533. The number of aromatic nitrogens is 1. The van der Waals surface area contributed by atoms with Crippen LogP contribution in [0.15, 0.2) is 18.5 Å². The average molecular weight is 273 g/mol. The van der Waals surface area contributed by atoms with Gasteiger partial charge in [-0.15, -0.1) is 0 Å². The van der Waals surface area contributed by atoms with E-state index in [0.29, 0.717) is 12.8 Å². The summed E-state index contributed by atoms with van der Waals surface area (Å²) in [7, 11) is 0. The van der Waals surface area contributed by atoms with Crippen LogP contribution < -0.4 is 5.32 Å². The highest BCUT2D eigenvalue weighted by atomic mass is 16.3. The van der Waals surface area contributed by atoms with Crippen molar-refractivity contribution in [2.24, 2.45) is 0 Å². The standard InChI is InChI=1S/C15H19N3O2/c16-11-15(7-4-2-1-3-5-8-15)18-14(20)12-6-9-17-10-13(12)19/h6,9-10,19H,1-5,7-8H2,(H,18,20). The van der Waals surface area contributed by atoms with Gasteiger partial charge in [0.1, 0.15) is 11.3 Å². The van der Waals surface area contributed by atoms with Crippen LogP contribution in [-0.2, 0) is 0 Å². The number of nitrogens with one attached hydrogen (secondary N) is 1. The molecule has 1 aliphatic carbocycles. The Morgan fingerprint density at radius 1 is 1.30 bits per heavy atom. The van der Waals surface area contributed by atoms with Crippen molar-refractivity contribution in [1.82, 2.24) is 10.3 Å². The van der Waals surface area contributed by atoms with Crippen LogP contribution in [0.4, 0.5) is 0 Å². The number of hydrogen-bond acceptors (Lipinski definition) is 4. The summed E-state index contributed by atoms with van der Waals surface area (Å²) in [5.74, 6) is -0.573. The lowest BCUT2D eigenvalue weighted by Gasteiger charge is -2.29. The van der Waals surface area contributed by atoms with Crippen LogP contribution in [0.1, 0.15) is 55.3 Å². The van der Waals surface area contributed by atoms with Crippen LogP contribution in [0, 0.1) is 11.3 Å². The predicted octanol–water partition coefficient (Wildman–Crippen LogP) is 2.52. The Morgan fingerprint density at radius 3 is 2.55 bits per heavy atom. The molecule has 5 nitrogen and oxygen atoms in total. The third-order valence-electron chi connectivity index (χ3n) is 3.82. The second-order valence-corrected chi connectivity index (χ2v) is 5.31. The molecule has 0 aromatic carbocycles. The molecule has 0 saturated heterocycles. The third-order valence-corrected chi connectivity index (χ3v) is 3.82. The third kappa shape index (κ3) is 3.27. The van der Waals surface area contributed by atoms with E-state index in [1.165, 1.54) is 24.9 Å². The van der Waals surface area contributed by atoms with Gasteiger partial charge in [0.15, 0.2) is 0 Å². The van der Waals surface area contributed by atoms with Crippen LogP contribution in [0.3, 0.4) is 0 Å². The van der Waals surface area contributed by atoms with E-state index in [1.807, 2.05) is 0 Å². The first-order chi connectivity index (χ1) is 9.67. The van der Waals surface area contributed by atoms with E-state index < -0.39 is 11.4 Å². The largest absolute Gasteiger partial charge is 0.505 e. The van der Waals surface area contributed by atoms with E-state index in [0.717, 1.165) is 25.7 Å². The number of amides is 1. The topological polar surface area (TPSA) is 86.0 Å². The van der Waals surface area contributed by atoms with Gasteiger partial charge in [-0.05, 0) is 18.9 Å². The van der Waals surface area contributed by atoms with E-state index in [-0.39, 0.29) is 11.3 Å². The Morgan fingerprint density at radius 2 is 1.95 bits per heavy atom. The number of pyridine rings is 1. The minimum Gasteiger partial charge on any atom is -0.505 e. The number of carbonyl (C=O) groups excluding carboxylic acids is 1. The van der Waals surface area contributed by atoms with Crippen molar-refractivity contribution in [3.63, 3.8) is 0 Å². The molecule has 2 N–H and O–H groups in total. The Balaban J connectivity index is 2.14. The fourth-order valence-corrected chi connectivity index (χ4v) is 2.64. The van der Waals surface area contributed by atoms with E-state index in [2.05, 4.69) is 16.4 Å². The first-order valence-corrected chi connectivity index (χ1v) is 7.04. The molecule has 106 valence electrons. The molecule has 0 radical (unpaired) electrons. The highest BCUT2D eigenvalue weighted by molar-refractivity contribution is 5.97. The molecule has 1 aromatic heterocycles. The Kier molecular flexibility index (Phi) is 4.57. The minimum absolute atomic E-state index is 0.163. The Hall–Kier alpha value is -2.09. The summed E-state index contributed by atoms with van der Waals surface area (Å²) in [5, 5.41) is 22.0. The number of nitrogens with zero attached hydrogens (tertiary/aromatic N) is 2. The lowest BCUT2D eigenvalue weighted by molar-refractivity contribution is 0.0905. The summed E-state index contributed by atoms with van der Waals surface area (Å²) in [6, 6.07) is 3.73. The second-order valence-electron chi connectivity index (χ2n) is 5.31. The average Bonchev–Trinajstić information content (AvgIpc) is 2.42. The van der Waals surface area contributed by atoms with Crippen molar-refractivity contribution in [2.45, 2.75) is 50.5 Å². The normalized spacial score (nSPS) is 18.4. The van der Waals surface area contributed by atoms with Crippen molar-refractivity contribution >= 4 is 5.91 Å². The van der Waals surface area contributed by atoms with E-state index in [4.69, 9.17) is 0 Å². The zero-order valence-corrected chi connectivity index (χ0v) is 11.4. The quantitative estimate of drug-likeness (QED) is 0.867. The molecule has 20 heavy (non-hydrogen) atoms. The zero-order chi connectivity index (χ0) is 14.4. The summed E-state index contributed by atoms with van der Waals surface area (Å²) in [6.07, 6.45) is 9.28. The van der Waals surface area contributed by atoms with Crippen molar-refractivity contribution in [3.8, 4) is 11.8 Å². The van der Waals surface area contributed by atoms with E-state index >= 15 is 0 Å². The van der Waals surface area contributed by atoms with Gasteiger partial charge < -0.3 is 10.4 Å². The number of carbonyl (C=O) groups is 1. The number of hydrogen-bond donors (Lipinski definition) is 2. The van der Waals surface area contributed by atoms with Gasteiger partial charge >= 0.3 is 0 Å². The Labute approximate surface area is 118 Å². The molecule has 2 rings (SSSR count). The molecular weight excluding hydrogens is 254 g/mol. The zero-order valence-electron chi connectivity index (χ0n) is 11.4. The maximum Gasteiger partial charge on any atom is 0.256 e. The second kappa shape index (κ2) is 6.38. The minimum atomic E-state index is -0.812. The molecule has 0 bridgehead atoms. The lowest BCUT2D eigenvalue weighted by atomic mass is 9.85. The first-order valence-electron chi connectivity index (χ1n) is 7.04. The first kappa shape index (κ1) is 14.3. The van der Waals surface area contributed by atoms with Gasteiger partial charge in [0.2, 0.25) is 0 Å². The predicted molar refractivity (Wildman–Crippen MR) is 74.0 cm³/mol. The van der Waals surface area contributed by atoms with Gasteiger partial charge in [-0.1, -0.05) is 32.1 Å². The highest BCUT2D eigenvalue weighted by Gasteiger charge is 2.32. The maximum atomic E-state index is 12.2. The molecule has 1 amide bonds. The lowest BCUT2D eigenvalue weighted by Crippen LogP contribution is -2.47. The molecule has 0 atom stereocenters. The molecule has 0 aliphatic heterocycles. The summed E-state index contributed by atoms with van der Waals surface area (Å²) >= 11 is 0. The van der Waals surface area contributed by atoms with Crippen molar-refractivity contribution in [3.05, 3.63) is 24.0 Å². The summed E-state index contributed by atoms with van der Waals surface area (Å²) < 4.78 is 0. The number of aromatic hydroxyl groups is 1. The van der Waals surface area contributed by atoms with Gasteiger partial charge in [-0.25, -0.2) is 0 Å². The highest BCUT2D eigenvalue weighted by Crippen LogP contribution is 2.27. The Bertz CT molecular complexity index is 514. The maximum absolute atomic E-state index is 12.2. The van der Waals surface area contributed by atoms with Gasteiger partial charge in [0.25, 0.3) is 5.91 Å². The molecule has 1 saturated carbocycles. The summed E-state index contributed by atoms with van der Waals surface area (Å²) in [4.78, 5) is 16.0. The molecular formula is C15H19N3O2. The number of nitriles is 1. The van der Waals surface area contributed by atoms with E-state index in [9.17, 15) is 15.2 Å². The van der Waals surface area contributed by atoms with Gasteiger partial charge in [-0.3, -0.25) is 9.78 Å². The molecule has 1 heterocycles. The van der Waals surface area contributed by atoms with Crippen molar-refractivity contribution in [1.29, 1.82) is 5.26 Å². The molecule has 1 fully saturated rings. The monoisotopic (exact) mass is 273 g/mol. The van der Waals surface area contributed by atoms with E-state index in [1.54, 1.807) is 0 Å². The summed E-state index contributed by atoms with van der Waals surface area (Å²) in [5.41, 5.74) is -0.649. The van der Waals surface area contributed by atoms with Crippen LogP contribution in [0.5, 0.6) is 5.75 Å². The molecule has 1 aliphatic rings. The smallest absolute Gasteiger partial charge is 0.256 e. The SMILES string of the molecule is N#CC1(NC(=O)c2ccncc2O)CCCCCCC1. The molecule has 0 unspecified atom stereocenters. The van der Waals surface area contributed by atoms with Crippen molar-refractivity contribution < 1.29 is 9.90 Å². The van der Waals surface area contributed by atoms with Gasteiger partial charge in [-0.2, -0.15) is 5.26 Å². The van der Waals surface area contributed by atoms with Gasteiger partial charge in [0, 0.05) is 6.20 Å². The number of rotatable bonds is 2. The molecule has 0 spiro atoms. The fourth-order valence-electron chi connectivity index (χ4n) is 2.64. The molecule has 1 aromatic rings. The summed E-state index contributed by atoms with van der Waals surface area (Å²) in [6.45, 7) is 0. The van der Waals surface area contributed by atoms with Gasteiger partial charge in [0.05, 0.1) is 17.8 Å². The van der Waals surface area contributed by atoms with Crippen LogP contribution >= 0.6 is 0 Å². The van der Waals surface area contributed by atoms with Crippen LogP contribution in [0.25, 0.3) is 0 Å². The van der Waals surface area contributed by atoms with Crippen LogP contribution in [0.2, 0.25) is 0 Å².